The Hall–Kier alpha value is -0.430. The topological polar surface area (TPSA) is 15.3 Å². The lowest BCUT2D eigenvalue weighted by molar-refractivity contribution is 0.474. The normalized spacial score (nSPS) is 18.4. The Kier molecular flexibility index (Phi) is 6.99. The third-order valence-corrected chi connectivity index (χ3v) is 7.43. The second-order valence-corrected chi connectivity index (χ2v) is 8.47. The molecule has 1 aliphatic carbocycles. The van der Waals surface area contributed by atoms with Crippen LogP contribution >= 0.6 is 8.07 Å². The van der Waals surface area contributed by atoms with Crippen molar-refractivity contribution < 1.29 is 0 Å². The number of hydrogen-bond acceptors (Lipinski definition) is 2. The molecule has 0 saturated heterocycles. The van der Waals surface area contributed by atoms with Gasteiger partial charge in [-0.2, -0.15) is 0 Å². The molecule has 20 heavy (non-hydrogen) atoms. The zero-order valence-corrected chi connectivity index (χ0v) is 13.9. The van der Waals surface area contributed by atoms with Crippen molar-refractivity contribution >= 4 is 8.07 Å². The highest BCUT2D eigenvalue weighted by Crippen LogP contribution is 2.52. The van der Waals surface area contributed by atoms with Crippen molar-refractivity contribution in [3.05, 3.63) is 35.9 Å². The number of hydrogen-bond donors (Lipinski definition) is 1. The molecule has 0 spiro atoms. The van der Waals surface area contributed by atoms with Crippen LogP contribution in [0.4, 0.5) is 0 Å². The summed E-state index contributed by atoms with van der Waals surface area (Å²) in [4.78, 5) is 0. The van der Waals surface area contributed by atoms with Crippen molar-refractivity contribution in [2.45, 2.75) is 43.9 Å². The van der Waals surface area contributed by atoms with Gasteiger partial charge in [-0.05, 0) is 46.2 Å². The summed E-state index contributed by atoms with van der Waals surface area (Å²) < 4.78 is 2.65. The van der Waals surface area contributed by atoms with Gasteiger partial charge in [-0.15, -0.1) is 0 Å². The van der Waals surface area contributed by atoms with E-state index in [0.29, 0.717) is 0 Å². The predicted octanol–water partition coefficient (Wildman–Crippen LogP) is 4.07. The van der Waals surface area contributed by atoms with E-state index in [0.717, 1.165) is 12.2 Å². The molecule has 0 radical (unpaired) electrons. The lowest BCUT2D eigenvalue weighted by Gasteiger charge is -2.37. The SMILES string of the molecule is CNCCN(C)[P@@](Cc1ccccc1)C1CCCCC1. The maximum Gasteiger partial charge on any atom is 0.0143 e. The maximum absolute atomic E-state index is 3.29. The first-order valence-corrected chi connectivity index (χ1v) is 9.52. The van der Waals surface area contributed by atoms with E-state index in [9.17, 15) is 0 Å². The van der Waals surface area contributed by atoms with Gasteiger partial charge in [-0.25, -0.2) is 0 Å². The third kappa shape index (κ3) is 4.84. The maximum atomic E-state index is 3.29. The summed E-state index contributed by atoms with van der Waals surface area (Å²) in [6.45, 7) is 2.27. The van der Waals surface area contributed by atoms with Crippen LogP contribution in [0.25, 0.3) is 0 Å². The Morgan fingerprint density at radius 1 is 1.15 bits per heavy atom. The van der Waals surface area contributed by atoms with Gasteiger partial charge in [0.2, 0.25) is 0 Å². The zero-order valence-electron chi connectivity index (χ0n) is 13.0. The standard InChI is InChI=1S/C17H29N2P/c1-18-13-14-19(2)20(17-11-7-4-8-12-17)15-16-9-5-3-6-10-16/h3,5-6,9-10,17-18H,4,7-8,11-15H2,1-2H3/t20-/m0/s1. The first kappa shape index (κ1) is 15.9. The van der Waals surface area contributed by atoms with Gasteiger partial charge in [0.05, 0.1) is 0 Å². The summed E-state index contributed by atoms with van der Waals surface area (Å²) in [6, 6.07) is 11.1. The van der Waals surface area contributed by atoms with E-state index in [4.69, 9.17) is 0 Å². The highest BCUT2D eigenvalue weighted by atomic mass is 31.1. The summed E-state index contributed by atoms with van der Waals surface area (Å²) in [7, 11) is 4.35. The molecule has 0 amide bonds. The Labute approximate surface area is 125 Å². The van der Waals surface area contributed by atoms with Crippen molar-refractivity contribution in [2.75, 3.05) is 27.2 Å². The molecular weight excluding hydrogens is 263 g/mol. The molecule has 0 aromatic heterocycles. The smallest absolute Gasteiger partial charge is 0.0143 e. The van der Waals surface area contributed by atoms with Crippen LogP contribution in [0.15, 0.2) is 30.3 Å². The van der Waals surface area contributed by atoms with Crippen molar-refractivity contribution in [1.82, 2.24) is 9.99 Å². The van der Waals surface area contributed by atoms with Gasteiger partial charge in [0.1, 0.15) is 0 Å². The molecule has 2 rings (SSSR count). The zero-order chi connectivity index (χ0) is 14.2. The largest absolute Gasteiger partial charge is 0.318 e. The summed E-state index contributed by atoms with van der Waals surface area (Å²) in [5, 5.41) is 3.29. The molecule has 3 heteroatoms. The van der Waals surface area contributed by atoms with Crippen LogP contribution in [0.3, 0.4) is 0 Å². The second-order valence-electron chi connectivity index (χ2n) is 5.86. The molecule has 1 aliphatic rings. The first-order valence-electron chi connectivity index (χ1n) is 7.97. The molecular formula is C17H29N2P. The van der Waals surface area contributed by atoms with Gasteiger partial charge in [0.25, 0.3) is 0 Å². The highest BCUT2D eigenvalue weighted by molar-refractivity contribution is 7.55. The fraction of sp³-hybridized carbons (Fsp3) is 0.647. The van der Waals surface area contributed by atoms with Gasteiger partial charge in [-0.1, -0.05) is 49.6 Å². The number of nitrogens with one attached hydrogen (secondary N) is 1. The van der Waals surface area contributed by atoms with Crippen molar-refractivity contribution in [3.63, 3.8) is 0 Å². The van der Waals surface area contributed by atoms with E-state index in [1.807, 2.05) is 7.05 Å². The van der Waals surface area contributed by atoms with Gasteiger partial charge < -0.3 is 5.32 Å². The van der Waals surface area contributed by atoms with E-state index in [1.54, 1.807) is 0 Å². The molecule has 1 aromatic rings. The molecule has 1 aromatic carbocycles. The molecule has 2 nitrogen and oxygen atoms in total. The summed E-state index contributed by atoms with van der Waals surface area (Å²) in [5.41, 5.74) is 2.46. The van der Waals surface area contributed by atoms with Gasteiger partial charge in [0, 0.05) is 19.3 Å². The number of benzene rings is 1. The van der Waals surface area contributed by atoms with E-state index in [2.05, 4.69) is 47.4 Å². The Morgan fingerprint density at radius 2 is 1.85 bits per heavy atom. The minimum Gasteiger partial charge on any atom is -0.318 e. The molecule has 0 heterocycles. The first-order chi connectivity index (χ1) is 9.81. The molecule has 1 atom stereocenters. The van der Waals surface area contributed by atoms with Crippen molar-refractivity contribution in [3.8, 4) is 0 Å². The van der Waals surface area contributed by atoms with E-state index < -0.39 is 0 Å². The minimum absolute atomic E-state index is 0.0346. The molecule has 1 N–H and O–H groups in total. The van der Waals surface area contributed by atoms with Crippen LogP contribution in [-0.4, -0.2) is 37.5 Å². The Morgan fingerprint density at radius 3 is 2.50 bits per heavy atom. The fourth-order valence-corrected chi connectivity index (χ4v) is 6.04. The lowest BCUT2D eigenvalue weighted by atomic mass is 10.0. The van der Waals surface area contributed by atoms with E-state index in [1.165, 1.54) is 50.4 Å². The van der Waals surface area contributed by atoms with Gasteiger partial charge in [0.15, 0.2) is 0 Å². The fourth-order valence-electron chi connectivity index (χ4n) is 3.08. The third-order valence-electron chi connectivity index (χ3n) is 4.31. The highest BCUT2D eigenvalue weighted by Gasteiger charge is 2.26. The second kappa shape index (κ2) is 8.77. The van der Waals surface area contributed by atoms with Crippen molar-refractivity contribution in [2.24, 2.45) is 0 Å². The quantitative estimate of drug-likeness (QED) is 0.762. The summed E-state index contributed by atoms with van der Waals surface area (Å²) in [5.74, 6) is 0. The molecule has 1 saturated carbocycles. The van der Waals surface area contributed by atoms with Crippen LogP contribution in [0.1, 0.15) is 37.7 Å². The lowest BCUT2D eigenvalue weighted by Crippen LogP contribution is -2.28. The summed E-state index contributed by atoms with van der Waals surface area (Å²) in [6.07, 6.45) is 8.49. The number of nitrogens with zero attached hydrogens (tertiary/aromatic N) is 1. The monoisotopic (exact) mass is 292 g/mol. The van der Waals surface area contributed by atoms with Crippen LogP contribution in [0.5, 0.6) is 0 Å². The Bertz CT molecular complexity index is 363. The average molecular weight is 292 g/mol. The van der Waals surface area contributed by atoms with Gasteiger partial charge >= 0.3 is 0 Å². The molecule has 0 aliphatic heterocycles. The van der Waals surface area contributed by atoms with Crippen LogP contribution in [0.2, 0.25) is 0 Å². The minimum atomic E-state index is -0.0346. The number of likely N-dealkylation sites (N-methyl/N-ethyl adjacent to an activating group) is 2. The van der Waals surface area contributed by atoms with Crippen LogP contribution in [0, 0.1) is 0 Å². The van der Waals surface area contributed by atoms with E-state index in [-0.39, 0.29) is 8.07 Å². The number of rotatable bonds is 7. The molecule has 112 valence electrons. The van der Waals surface area contributed by atoms with Crippen LogP contribution < -0.4 is 5.32 Å². The van der Waals surface area contributed by atoms with Gasteiger partial charge in [-0.3, -0.25) is 4.67 Å². The summed E-state index contributed by atoms with van der Waals surface area (Å²) >= 11 is 0. The van der Waals surface area contributed by atoms with Crippen molar-refractivity contribution in [1.29, 1.82) is 0 Å². The predicted molar refractivity (Wildman–Crippen MR) is 90.5 cm³/mol. The Balaban J connectivity index is 2.02. The molecule has 0 bridgehead atoms. The molecule has 0 unspecified atom stereocenters. The van der Waals surface area contributed by atoms with E-state index >= 15 is 0 Å². The van der Waals surface area contributed by atoms with Crippen LogP contribution in [-0.2, 0) is 6.16 Å². The average Bonchev–Trinajstić information content (AvgIpc) is 2.52. The molecule has 1 fully saturated rings.